The van der Waals surface area contributed by atoms with Crippen LogP contribution in [0.15, 0.2) is 18.2 Å². The molecule has 17 heavy (non-hydrogen) atoms. The molecule has 0 saturated carbocycles. The van der Waals surface area contributed by atoms with Crippen molar-refractivity contribution in [3.8, 4) is 5.75 Å². The predicted molar refractivity (Wildman–Crippen MR) is 68.3 cm³/mol. The summed E-state index contributed by atoms with van der Waals surface area (Å²) in [7, 11) is 0. The fourth-order valence-corrected chi connectivity index (χ4v) is 1.46. The Bertz CT molecular complexity index is 389. The van der Waals surface area contributed by atoms with Gasteiger partial charge in [-0.15, -0.1) is 0 Å². The summed E-state index contributed by atoms with van der Waals surface area (Å²) in [4.78, 5) is 11.7. The highest BCUT2D eigenvalue weighted by molar-refractivity contribution is 5.94. The Labute approximate surface area is 102 Å². The Kier molecular flexibility index (Phi) is 4.97. The molecule has 1 aromatic rings. The third-order valence-electron chi connectivity index (χ3n) is 2.23. The molecule has 0 atom stereocenters. The van der Waals surface area contributed by atoms with E-state index in [2.05, 4.69) is 5.32 Å². The first kappa shape index (κ1) is 13.5. The van der Waals surface area contributed by atoms with Crippen molar-refractivity contribution in [1.82, 2.24) is 5.32 Å². The normalized spacial score (nSPS) is 10.4. The molecule has 0 saturated heterocycles. The van der Waals surface area contributed by atoms with Crippen molar-refractivity contribution >= 4 is 5.91 Å². The standard InChI is InChI=1S/C13H20N2O2/c1-9(2)17-12-5-4-11(8-10(12)3)13(16)15-7-6-14/h4-5,8-9H,6-7,14H2,1-3H3,(H,15,16). The van der Waals surface area contributed by atoms with E-state index in [1.54, 1.807) is 6.07 Å². The summed E-state index contributed by atoms with van der Waals surface area (Å²) in [5.74, 6) is 0.713. The summed E-state index contributed by atoms with van der Waals surface area (Å²) in [5.41, 5.74) is 6.92. The molecular formula is C13H20N2O2. The van der Waals surface area contributed by atoms with Gasteiger partial charge in [0.1, 0.15) is 5.75 Å². The number of benzene rings is 1. The van der Waals surface area contributed by atoms with E-state index < -0.39 is 0 Å². The van der Waals surface area contributed by atoms with E-state index in [0.717, 1.165) is 11.3 Å². The highest BCUT2D eigenvalue weighted by Crippen LogP contribution is 2.20. The Morgan fingerprint density at radius 1 is 1.47 bits per heavy atom. The van der Waals surface area contributed by atoms with Crippen molar-refractivity contribution in [2.75, 3.05) is 13.1 Å². The SMILES string of the molecule is Cc1cc(C(=O)NCCN)ccc1OC(C)C. The molecule has 0 aliphatic carbocycles. The third kappa shape index (κ3) is 4.07. The van der Waals surface area contributed by atoms with E-state index >= 15 is 0 Å². The number of ether oxygens (including phenoxy) is 1. The van der Waals surface area contributed by atoms with Crippen molar-refractivity contribution in [3.05, 3.63) is 29.3 Å². The van der Waals surface area contributed by atoms with Gasteiger partial charge in [-0.2, -0.15) is 0 Å². The fraction of sp³-hybridized carbons (Fsp3) is 0.462. The minimum absolute atomic E-state index is 0.102. The lowest BCUT2D eigenvalue weighted by atomic mass is 10.1. The fourth-order valence-electron chi connectivity index (χ4n) is 1.46. The van der Waals surface area contributed by atoms with Gasteiger partial charge in [0.05, 0.1) is 6.10 Å². The number of carbonyl (C=O) groups is 1. The molecule has 4 nitrogen and oxygen atoms in total. The summed E-state index contributed by atoms with van der Waals surface area (Å²) in [6, 6.07) is 5.41. The van der Waals surface area contributed by atoms with Crippen LogP contribution < -0.4 is 15.8 Å². The summed E-state index contributed by atoms with van der Waals surface area (Å²) < 4.78 is 5.61. The summed E-state index contributed by atoms with van der Waals surface area (Å²) in [5, 5.41) is 2.73. The van der Waals surface area contributed by atoms with Crippen LogP contribution >= 0.6 is 0 Å². The van der Waals surface area contributed by atoms with E-state index in [-0.39, 0.29) is 12.0 Å². The molecule has 0 radical (unpaired) electrons. The minimum atomic E-state index is -0.102. The number of hydrogen-bond acceptors (Lipinski definition) is 3. The Morgan fingerprint density at radius 2 is 2.18 bits per heavy atom. The highest BCUT2D eigenvalue weighted by Gasteiger charge is 2.08. The summed E-state index contributed by atoms with van der Waals surface area (Å²) in [6.07, 6.45) is 0.130. The Hall–Kier alpha value is -1.55. The van der Waals surface area contributed by atoms with Crippen molar-refractivity contribution in [1.29, 1.82) is 0 Å². The van der Waals surface area contributed by atoms with Gasteiger partial charge in [0.25, 0.3) is 5.91 Å². The monoisotopic (exact) mass is 236 g/mol. The molecular weight excluding hydrogens is 216 g/mol. The van der Waals surface area contributed by atoms with Gasteiger partial charge in [0, 0.05) is 18.7 Å². The Morgan fingerprint density at radius 3 is 2.71 bits per heavy atom. The lowest BCUT2D eigenvalue weighted by Gasteiger charge is -2.13. The van der Waals surface area contributed by atoms with Crippen LogP contribution in [0.3, 0.4) is 0 Å². The topological polar surface area (TPSA) is 64.4 Å². The molecule has 0 spiro atoms. The lowest BCUT2D eigenvalue weighted by molar-refractivity contribution is 0.0954. The largest absolute Gasteiger partial charge is 0.491 e. The first-order valence-corrected chi connectivity index (χ1v) is 5.80. The summed E-state index contributed by atoms with van der Waals surface area (Å²) >= 11 is 0. The van der Waals surface area contributed by atoms with E-state index in [0.29, 0.717) is 18.7 Å². The zero-order valence-electron chi connectivity index (χ0n) is 10.6. The maximum Gasteiger partial charge on any atom is 0.251 e. The Balaban J connectivity index is 2.77. The number of hydrogen-bond donors (Lipinski definition) is 2. The van der Waals surface area contributed by atoms with Crippen LogP contribution in [0.25, 0.3) is 0 Å². The average Bonchev–Trinajstić information content (AvgIpc) is 2.28. The van der Waals surface area contributed by atoms with Gasteiger partial charge in [-0.1, -0.05) is 0 Å². The number of amides is 1. The molecule has 0 aliphatic heterocycles. The van der Waals surface area contributed by atoms with Gasteiger partial charge in [-0.25, -0.2) is 0 Å². The van der Waals surface area contributed by atoms with Gasteiger partial charge in [0.15, 0.2) is 0 Å². The molecule has 0 aliphatic rings. The van der Waals surface area contributed by atoms with Crippen molar-refractivity contribution in [2.24, 2.45) is 5.73 Å². The van der Waals surface area contributed by atoms with E-state index in [1.165, 1.54) is 0 Å². The second kappa shape index (κ2) is 6.25. The number of nitrogens with two attached hydrogens (primary N) is 1. The molecule has 3 N–H and O–H groups in total. The average molecular weight is 236 g/mol. The third-order valence-corrected chi connectivity index (χ3v) is 2.23. The van der Waals surface area contributed by atoms with Crippen LogP contribution in [0.4, 0.5) is 0 Å². The maximum atomic E-state index is 11.7. The predicted octanol–water partition coefficient (Wildman–Crippen LogP) is 1.47. The van der Waals surface area contributed by atoms with E-state index in [4.69, 9.17) is 10.5 Å². The van der Waals surface area contributed by atoms with Crippen molar-refractivity contribution < 1.29 is 9.53 Å². The molecule has 0 bridgehead atoms. The smallest absolute Gasteiger partial charge is 0.251 e. The van der Waals surface area contributed by atoms with Crippen LogP contribution in [-0.2, 0) is 0 Å². The van der Waals surface area contributed by atoms with Crippen LogP contribution in [0.1, 0.15) is 29.8 Å². The quantitative estimate of drug-likeness (QED) is 0.813. The van der Waals surface area contributed by atoms with E-state index in [1.807, 2.05) is 32.9 Å². The molecule has 1 aromatic carbocycles. The number of aryl methyl sites for hydroxylation is 1. The van der Waals surface area contributed by atoms with Crippen LogP contribution in [-0.4, -0.2) is 25.1 Å². The van der Waals surface area contributed by atoms with Gasteiger partial charge in [-0.3, -0.25) is 4.79 Å². The molecule has 0 aromatic heterocycles. The molecule has 94 valence electrons. The summed E-state index contributed by atoms with van der Waals surface area (Å²) in [6.45, 7) is 6.81. The van der Waals surface area contributed by atoms with Gasteiger partial charge in [0.2, 0.25) is 0 Å². The van der Waals surface area contributed by atoms with Crippen molar-refractivity contribution in [3.63, 3.8) is 0 Å². The number of rotatable bonds is 5. The second-order valence-electron chi connectivity index (χ2n) is 4.19. The second-order valence-corrected chi connectivity index (χ2v) is 4.19. The zero-order chi connectivity index (χ0) is 12.8. The molecule has 1 rings (SSSR count). The van der Waals surface area contributed by atoms with Crippen LogP contribution in [0.2, 0.25) is 0 Å². The number of carbonyl (C=O) groups excluding carboxylic acids is 1. The zero-order valence-corrected chi connectivity index (χ0v) is 10.6. The number of nitrogens with one attached hydrogen (secondary N) is 1. The molecule has 0 fully saturated rings. The first-order valence-electron chi connectivity index (χ1n) is 5.80. The molecule has 4 heteroatoms. The molecule has 0 unspecified atom stereocenters. The first-order chi connectivity index (χ1) is 8.04. The minimum Gasteiger partial charge on any atom is -0.491 e. The van der Waals surface area contributed by atoms with Gasteiger partial charge < -0.3 is 15.8 Å². The maximum absolute atomic E-state index is 11.7. The van der Waals surface area contributed by atoms with E-state index in [9.17, 15) is 4.79 Å². The molecule has 0 heterocycles. The molecule has 1 amide bonds. The highest BCUT2D eigenvalue weighted by atomic mass is 16.5. The van der Waals surface area contributed by atoms with Crippen LogP contribution in [0, 0.1) is 6.92 Å². The lowest BCUT2D eigenvalue weighted by Crippen LogP contribution is -2.29. The van der Waals surface area contributed by atoms with Crippen LogP contribution in [0.5, 0.6) is 5.75 Å². The van der Waals surface area contributed by atoms with Gasteiger partial charge in [-0.05, 0) is 44.5 Å². The van der Waals surface area contributed by atoms with Crippen molar-refractivity contribution in [2.45, 2.75) is 26.9 Å². The van der Waals surface area contributed by atoms with Gasteiger partial charge >= 0.3 is 0 Å².